The molecule has 0 saturated heterocycles. The Morgan fingerprint density at radius 2 is 2.20 bits per heavy atom. The van der Waals surface area contributed by atoms with E-state index in [9.17, 15) is 4.79 Å². The number of rotatable bonds is 3. The first-order chi connectivity index (χ1) is 9.65. The van der Waals surface area contributed by atoms with Crippen LogP contribution >= 0.6 is 11.3 Å². The molecule has 0 aliphatic rings. The van der Waals surface area contributed by atoms with Crippen LogP contribution in [0.5, 0.6) is 0 Å². The Balaban J connectivity index is 1.73. The fraction of sp³-hybridized carbons (Fsp3) is 0.214. The zero-order chi connectivity index (χ0) is 14.1. The molecule has 2 aromatic heterocycles. The second kappa shape index (κ2) is 5.05. The molecule has 0 spiro atoms. The Bertz CT molecular complexity index is 743. The van der Waals surface area contributed by atoms with Gasteiger partial charge in [0.2, 0.25) is 0 Å². The van der Waals surface area contributed by atoms with Crippen LogP contribution < -0.4 is 0 Å². The smallest absolute Gasteiger partial charge is 0.342 e. The highest BCUT2D eigenvalue weighted by Gasteiger charge is 2.15. The second-order valence-corrected chi connectivity index (χ2v) is 5.53. The van der Waals surface area contributed by atoms with Crippen molar-refractivity contribution < 1.29 is 9.53 Å². The summed E-state index contributed by atoms with van der Waals surface area (Å²) in [5, 5.41) is 4.82. The quantitative estimate of drug-likeness (QED) is 0.695. The molecule has 20 heavy (non-hydrogen) atoms. The van der Waals surface area contributed by atoms with E-state index in [-0.39, 0.29) is 12.6 Å². The molecule has 0 saturated carbocycles. The average Bonchev–Trinajstić information content (AvgIpc) is 3.00. The minimum absolute atomic E-state index is 0.187. The number of fused-ring (bicyclic) bond motifs is 1. The SMILES string of the molecule is Cc1c(C(=O)OCc2nc3ccccc3s2)cnn1C. The third-order valence-corrected chi connectivity index (χ3v) is 4.13. The minimum Gasteiger partial charge on any atom is -0.455 e. The van der Waals surface area contributed by atoms with Crippen LogP contribution in [0.1, 0.15) is 21.1 Å². The molecule has 0 bridgehead atoms. The van der Waals surface area contributed by atoms with Crippen molar-refractivity contribution in [1.82, 2.24) is 14.8 Å². The van der Waals surface area contributed by atoms with Gasteiger partial charge in [0.15, 0.2) is 0 Å². The lowest BCUT2D eigenvalue weighted by Crippen LogP contribution is -2.06. The molecule has 3 aromatic rings. The van der Waals surface area contributed by atoms with Gasteiger partial charge >= 0.3 is 5.97 Å². The van der Waals surface area contributed by atoms with Crippen molar-refractivity contribution in [2.45, 2.75) is 13.5 Å². The van der Waals surface area contributed by atoms with Crippen LogP contribution in [0.2, 0.25) is 0 Å². The van der Waals surface area contributed by atoms with Crippen molar-refractivity contribution in [3.63, 3.8) is 0 Å². The summed E-state index contributed by atoms with van der Waals surface area (Å²) >= 11 is 1.53. The van der Waals surface area contributed by atoms with E-state index in [4.69, 9.17) is 4.74 Å². The molecule has 102 valence electrons. The van der Waals surface area contributed by atoms with Gasteiger partial charge in [0.1, 0.15) is 17.2 Å². The first-order valence-corrected chi connectivity index (χ1v) is 6.97. The minimum atomic E-state index is -0.366. The Morgan fingerprint density at radius 3 is 2.90 bits per heavy atom. The normalized spacial score (nSPS) is 10.9. The van der Waals surface area contributed by atoms with Crippen molar-refractivity contribution in [2.75, 3.05) is 0 Å². The Labute approximate surface area is 119 Å². The van der Waals surface area contributed by atoms with Crippen LogP contribution in [0.15, 0.2) is 30.5 Å². The van der Waals surface area contributed by atoms with Gasteiger partial charge < -0.3 is 4.74 Å². The molecule has 2 heterocycles. The number of thiazole rings is 1. The topological polar surface area (TPSA) is 57.0 Å². The lowest BCUT2D eigenvalue weighted by molar-refractivity contribution is 0.0471. The van der Waals surface area contributed by atoms with Gasteiger partial charge in [-0.2, -0.15) is 5.10 Å². The van der Waals surface area contributed by atoms with Crippen LogP contribution in [-0.4, -0.2) is 20.7 Å². The standard InChI is InChI=1S/C14H13N3O2S/c1-9-10(7-15-17(9)2)14(18)19-8-13-16-11-5-3-4-6-12(11)20-13/h3-7H,8H2,1-2H3. The number of benzene rings is 1. The van der Waals surface area contributed by atoms with E-state index in [0.717, 1.165) is 20.9 Å². The van der Waals surface area contributed by atoms with Gasteiger partial charge in [0.25, 0.3) is 0 Å². The van der Waals surface area contributed by atoms with E-state index in [1.807, 2.05) is 31.2 Å². The summed E-state index contributed by atoms with van der Waals surface area (Å²) in [7, 11) is 1.79. The summed E-state index contributed by atoms with van der Waals surface area (Å²) in [5.41, 5.74) is 2.22. The van der Waals surface area contributed by atoms with Gasteiger partial charge in [-0.05, 0) is 19.1 Å². The monoisotopic (exact) mass is 287 g/mol. The zero-order valence-corrected chi connectivity index (χ0v) is 12.0. The van der Waals surface area contributed by atoms with E-state index in [0.29, 0.717) is 5.56 Å². The van der Waals surface area contributed by atoms with Gasteiger partial charge in [-0.1, -0.05) is 12.1 Å². The molecule has 6 heteroatoms. The molecule has 0 fully saturated rings. The maximum absolute atomic E-state index is 12.0. The number of esters is 1. The maximum Gasteiger partial charge on any atom is 0.342 e. The lowest BCUT2D eigenvalue weighted by atomic mass is 10.3. The zero-order valence-electron chi connectivity index (χ0n) is 11.2. The number of hydrogen-bond acceptors (Lipinski definition) is 5. The van der Waals surface area contributed by atoms with Crippen molar-refractivity contribution in [2.24, 2.45) is 7.05 Å². The van der Waals surface area contributed by atoms with E-state index in [1.165, 1.54) is 17.5 Å². The Kier molecular flexibility index (Phi) is 3.23. The van der Waals surface area contributed by atoms with Gasteiger partial charge in [-0.25, -0.2) is 9.78 Å². The molecule has 0 radical (unpaired) electrons. The first kappa shape index (κ1) is 12.8. The molecule has 3 rings (SSSR count). The highest BCUT2D eigenvalue weighted by molar-refractivity contribution is 7.18. The van der Waals surface area contributed by atoms with Crippen LogP contribution in [-0.2, 0) is 18.4 Å². The predicted molar refractivity (Wildman–Crippen MR) is 76.7 cm³/mol. The number of hydrogen-bond donors (Lipinski definition) is 0. The fourth-order valence-electron chi connectivity index (χ4n) is 1.89. The largest absolute Gasteiger partial charge is 0.455 e. The van der Waals surface area contributed by atoms with Gasteiger partial charge in [0, 0.05) is 12.7 Å². The lowest BCUT2D eigenvalue weighted by Gasteiger charge is -2.01. The summed E-state index contributed by atoms with van der Waals surface area (Å²) < 4.78 is 8.03. The van der Waals surface area contributed by atoms with Crippen LogP contribution in [0, 0.1) is 6.92 Å². The number of carbonyl (C=O) groups excluding carboxylic acids is 1. The highest BCUT2D eigenvalue weighted by Crippen LogP contribution is 2.22. The predicted octanol–water partition coefficient (Wildman–Crippen LogP) is 2.70. The molecule has 5 nitrogen and oxygen atoms in total. The number of carbonyl (C=O) groups is 1. The summed E-state index contributed by atoms with van der Waals surface area (Å²) in [6, 6.07) is 7.86. The van der Waals surface area contributed by atoms with E-state index in [2.05, 4.69) is 10.1 Å². The Morgan fingerprint density at radius 1 is 1.40 bits per heavy atom. The molecule has 0 N–H and O–H groups in total. The Hall–Kier alpha value is -2.21. The molecule has 0 aliphatic carbocycles. The number of ether oxygens (including phenoxy) is 1. The van der Waals surface area contributed by atoms with Gasteiger partial charge in [0.05, 0.1) is 16.4 Å². The van der Waals surface area contributed by atoms with Crippen molar-refractivity contribution in [3.8, 4) is 0 Å². The van der Waals surface area contributed by atoms with Crippen LogP contribution in [0.4, 0.5) is 0 Å². The van der Waals surface area contributed by atoms with Crippen molar-refractivity contribution in [3.05, 3.63) is 46.7 Å². The summed E-state index contributed by atoms with van der Waals surface area (Å²) in [4.78, 5) is 16.4. The first-order valence-electron chi connectivity index (χ1n) is 6.15. The van der Waals surface area contributed by atoms with E-state index >= 15 is 0 Å². The number of nitrogens with zero attached hydrogens (tertiary/aromatic N) is 3. The van der Waals surface area contributed by atoms with Crippen molar-refractivity contribution in [1.29, 1.82) is 0 Å². The van der Waals surface area contributed by atoms with Crippen LogP contribution in [0.25, 0.3) is 10.2 Å². The summed E-state index contributed by atoms with van der Waals surface area (Å²) in [6.45, 7) is 2.02. The maximum atomic E-state index is 12.0. The average molecular weight is 287 g/mol. The fourth-order valence-corrected chi connectivity index (χ4v) is 2.77. The van der Waals surface area contributed by atoms with E-state index < -0.39 is 0 Å². The number of aromatic nitrogens is 3. The van der Waals surface area contributed by atoms with Gasteiger partial charge in [-0.3, -0.25) is 4.68 Å². The molecule has 0 atom stereocenters. The van der Waals surface area contributed by atoms with Crippen molar-refractivity contribution >= 4 is 27.5 Å². The number of aryl methyl sites for hydroxylation is 1. The molecular formula is C14H13N3O2S. The van der Waals surface area contributed by atoms with E-state index in [1.54, 1.807) is 11.7 Å². The van der Waals surface area contributed by atoms with Crippen LogP contribution in [0.3, 0.4) is 0 Å². The third-order valence-electron chi connectivity index (χ3n) is 3.12. The highest BCUT2D eigenvalue weighted by atomic mass is 32.1. The van der Waals surface area contributed by atoms with Gasteiger partial charge in [-0.15, -0.1) is 11.3 Å². The molecule has 0 aliphatic heterocycles. The summed E-state index contributed by atoms with van der Waals surface area (Å²) in [6.07, 6.45) is 1.52. The number of para-hydroxylation sites is 1. The third kappa shape index (κ3) is 2.30. The molecular weight excluding hydrogens is 274 g/mol. The molecule has 0 unspecified atom stereocenters. The second-order valence-electron chi connectivity index (χ2n) is 4.42. The molecule has 0 amide bonds. The molecule has 1 aromatic carbocycles. The summed E-state index contributed by atoms with van der Waals surface area (Å²) in [5.74, 6) is -0.366.